The van der Waals surface area contributed by atoms with E-state index in [1.54, 1.807) is 0 Å². The van der Waals surface area contributed by atoms with E-state index in [1.165, 1.54) is 0 Å². The molecule has 2 unspecified atom stereocenters. The Labute approximate surface area is 41.4 Å². The Kier molecular flexibility index (Phi) is 0.398. The lowest BCUT2D eigenvalue weighted by Gasteiger charge is -1.82. The standard InChI is InChI=1S/C4H8NO2/c6-3-1-5(3)2-4(5)7/h3-4,6-7H,1-2H2/q+1. The van der Waals surface area contributed by atoms with E-state index in [2.05, 4.69) is 0 Å². The summed E-state index contributed by atoms with van der Waals surface area (Å²) in [6.07, 6.45) is -0.454. The van der Waals surface area contributed by atoms with Crippen LogP contribution in [0.4, 0.5) is 0 Å². The molecule has 0 saturated carbocycles. The van der Waals surface area contributed by atoms with Crippen LogP contribution in [0.2, 0.25) is 0 Å². The highest BCUT2D eigenvalue weighted by molar-refractivity contribution is 4.76. The summed E-state index contributed by atoms with van der Waals surface area (Å²) in [6, 6.07) is 0. The number of rotatable bonds is 0. The van der Waals surface area contributed by atoms with Gasteiger partial charge in [-0.05, 0) is 0 Å². The van der Waals surface area contributed by atoms with Crippen molar-refractivity contribution in [3.63, 3.8) is 0 Å². The molecule has 0 aromatic heterocycles. The van der Waals surface area contributed by atoms with Gasteiger partial charge in [0.25, 0.3) is 0 Å². The van der Waals surface area contributed by atoms with E-state index in [1.807, 2.05) is 0 Å². The highest BCUT2D eigenvalue weighted by atomic mass is 16.4. The zero-order valence-corrected chi connectivity index (χ0v) is 3.91. The maximum Gasteiger partial charge on any atom is 0.244 e. The van der Waals surface area contributed by atoms with Crippen LogP contribution in [0, 0.1) is 0 Å². The fourth-order valence-electron chi connectivity index (χ4n) is 1.03. The van der Waals surface area contributed by atoms with Gasteiger partial charge >= 0.3 is 0 Å². The van der Waals surface area contributed by atoms with Crippen LogP contribution < -0.4 is 0 Å². The molecule has 3 nitrogen and oxygen atoms in total. The van der Waals surface area contributed by atoms with Crippen molar-refractivity contribution in [2.45, 2.75) is 12.5 Å². The Hall–Kier alpha value is -0.120. The predicted octanol–water partition coefficient (Wildman–Crippen LogP) is -1.53. The van der Waals surface area contributed by atoms with Gasteiger partial charge in [-0.15, -0.1) is 0 Å². The molecule has 40 valence electrons. The normalized spacial score (nSPS) is 66.0. The quantitative estimate of drug-likeness (QED) is 0.288. The monoisotopic (exact) mass is 102 g/mol. The molecule has 2 rings (SSSR count). The minimum atomic E-state index is -0.227. The Morgan fingerprint density at radius 1 is 1.14 bits per heavy atom. The predicted molar refractivity (Wildman–Crippen MR) is 22.0 cm³/mol. The Morgan fingerprint density at radius 3 is 1.43 bits per heavy atom. The summed E-state index contributed by atoms with van der Waals surface area (Å²) in [6.45, 7) is 1.56. The third-order valence-electron chi connectivity index (χ3n) is 1.93. The second-order valence-electron chi connectivity index (χ2n) is 2.43. The lowest BCUT2D eigenvalue weighted by Crippen LogP contribution is -2.02. The number of hydrogen-bond donors (Lipinski definition) is 2. The minimum absolute atomic E-state index is 0.227. The first-order valence-corrected chi connectivity index (χ1v) is 2.48. The average molecular weight is 102 g/mol. The maximum absolute atomic E-state index is 8.74. The third kappa shape index (κ3) is 0.277. The summed E-state index contributed by atoms with van der Waals surface area (Å²) in [4.78, 5) is 0. The summed E-state index contributed by atoms with van der Waals surface area (Å²) in [7, 11) is 0. The molecule has 7 heavy (non-hydrogen) atoms. The van der Waals surface area contributed by atoms with E-state index in [0.717, 1.165) is 13.1 Å². The van der Waals surface area contributed by atoms with Crippen LogP contribution in [0.1, 0.15) is 0 Å². The van der Waals surface area contributed by atoms with Crippen molar-refractivity contribution in [2.75, 3.05) is 13.1 Å². The molecular weight excluding hydrogens is 94.0 g/mol. The zero-order chi connectivity index (χ0) is 5.07. The Morgan fingerprint density at radius 2 is 1.43 bits per heavy atom. The van der Waals surface area contributed by atoms with E-state index < -0.39 is 0 Å². The molecule has 2 N–H and O–H groups in total. The van der Waals surface area contributed by atoms with Crippen molar-refractivity contribution in [1.82, 2.24) is 0 Å². The third-order valence-corrected chi connectivity index (χ3v) is 1.93. The van der Waals surface area contributed by atoms with Crippen LogP contribution in [0.5, 0.6) is 0 Å². The molecule has 3 heteroatoms. The van der Waals surface area contributed by atoms with E-state index in [9.17, 15) is 0 Å². The van der Waals surface area contributed by atoms with Crippen molar-refractivity contribution >= 4 is 0 Å². The fraction of sp³-hybridized carbons (Fsp3) is 1.00. The molecule has 0 aromatic carbocycles. The molecule has 2 atom stereocenters. The lowest BCUT2D eigenvalue weighted by atomic mass is 10.9. The van der Waals surface area contributed by atoms with Gasteiger partial charge in [-0.1, -0.05) is 0 Å². The summed E-state index contributed by atoms with van der Waals surface area (Å²) >= 11 is 0. The zero-order valence-electron chi connectivity index (χ0n) is 3.91. The van der Waals surface area contributed by atoms with Crippen molar-refractivity contribution in [3.8, 4) is 0 Å². The van der Waals surface area contributed by atoms with Gasteiger partial charge in [-0.2, -0.15) is 0 Å². The van der Waals surface area contributed by atoms with E-state index in [4.69, 9.17) is 10.2 Å². The number of aliphatic hydroxyl groups is 2. The summed E-state index contributed by atoms with van der Waals surface area (Å²) in [5.41, 5.74) is 0. The molecule has 0 amide bonds. The second-order valence-corrected chi connectivity index (χ2v) is 2.43. The summed E-state index contributed by atoms with van der Waals surface area (Å²) < 4.78 is 0.583. The number of hydrogen-bond acceptors (Lipinski definition) is 2. The largest absolute Gasteiger partial charge is 0.340 e. The highest BCUT2D eigenvalue weighted by Gasteiger charge is 2.73. The SMILES string of the molecule is OC1C[N+]12CC2O. The molecule has 0 bridgehead atoms. The fourth-order valence-corrected chi connectivity index (χ4v) is 1.03. The van der Waals surface area contributed by atoms with Crippen LogP contribution in [-0.4, -0.2) is 40.2 Å². The van der Waals surface area contributed by atoms with Crippen LogP contribution in [0.3, 0.4) is 0 Å². The van der Waals surface area contributed by atoms with Gasteiger partial charge in [0, 0.05) is 0 Å². The Bertz CT molecular complexity index is 100. The van der Waals surface area contributed by atoms with Crippen molar-refractivity contribution < 1.29 is 14.7 Å². The van der Waals surface area contributed by atoms with Gasteiger partial charge in [-0.25, -0.2) is 4.48 Å². The van der Waals surface area contributed by atoms with Crippen molar-refractivity contribution in [3.05, 3.63) is 0 Å². The number of quaternary nitrogens is 1. The number of aliphatic hydroxyl groups excluding tert-OH is 2. The summed E-state index contributed by atoms with van der Waals surface area (Å²) in [5.74, 6) is 0. The first-order chi connectivity index (χ1) is 3.26. The van der Waals surface area contributed by atoms with Crippen molar-refractivity contribution in [2.24, 2.45) is 0 Å². The van der Waals surface area contributed by atoms with Crippen LogP contribution in [0.15, 0.2) is 0 Å². The van der Waals surface area contributed by atoms with Crippen LogP contribution in [0.25, 0.3) is 0 Å². The van der Waals surface area contributed by atoms with E-state index >= 15 is 0 Å². The topological polar surface area (TPSA) is 40.5 Å². The van der Waals surface area contributed by atoms with Gasteiger partial charge < -0.3 is 10.2 Å². The molecule has 2 saturated heterocycles. The van der Waals surface area contributed by atoms with Crippen molar-refractivity contribution in [1.29, 1.82) is 0 Å². The number of nitrogens with zero attached hydrogens (tertiary/aromatic N) is 1. The molecular formula is C4H8NO2+. The van der Waals surface area contributed by atoms with Gasteiger partial charge in [0.05, 0.1) is 0 Å². The molecule has 0 radical (unpaired) electrons. The van der Waals surface area contributed by atoms with Gasteiger partial charge in [0.15, 0.2) is 13.1 Å². The molecule has 2 aliphatic rings. The average Bonchev–Trinajstić information content (AvgIpc) is 2.28. The van der Waals surface area contributed by atoms with E-state index in [0.29, 0.717) is 4.48 Å². The highest BCUT2D eigenvalue weighted by Crippen LogP contribution is 2.43. The molecule has 2 aliphatic heterocycles. The van der Waals surface area contributed by atoms with Gasteiger partial charge in [-0.3, -0.25) is 0 Å². The van der Waals surface area contributed by atoms with E-state index in [-0.39, 0.29) is 12.5 Å². The second kappa shape index (κ2) is 0.727. The van der Waals surface area contributed by atoms with Gasteiger partial charge in [0.2, 0.25) is 12.5 Å². The van der Waals surface area contributed by atoms with Crippen LogP contribution >= 0.6 is 0 Å². The Balaban J connectivity index is 2.11. The molecule has 2 fully saturated rings. The first-order valence-electron chi connectivity index (χ1n) is 2.48. The summed E-state index contributed by atoms with van der Waals surface area (Å²) in [5, 5.41) is 17.5. The minimum Gasteiger partial charge on any atom is -0.340 e. The first kappa shape index (κ1) is 3.83. The van der Waals surface area contributed by atoms with Gasteiger partial charge in [0.1, 0.15) is 0 Å². The lowest BCUT2D eigenvalue weighted by molar-refractivity contribution is -0.718. The molecule has 0 aliphatic carbocycles. The molecule has 0 aromatic rings. The van der Waals surface area contributed by atoms with Crippen LogP contribution in [-0.2, 0) is 0 Å². The molecule has 1 spiro atoms. The maximum atomic E-state index is 8.74. The smallest absolute Gasteiger partial charge is 0.244 e. The molecule has 2 heterocycles.